The van der Waals surface area contributed by atoms with Crippen LogP contribution in [0.3, 0.4) is 0 Å². The van der Waals surface area contributed by atoms with Gasteiger partial charge in [0.25, 0.3) is 5.56 Å². The molecule has 0 atom stereocenters. The van der Waals surface area contributed by atoms with Crippen molar-refractivity contribution in [3.8, 4) is 0 Å². The lowest BCUT2D eigenvalue weighted by Crippen LogP contribution is -2.35. The van der Waals surface area contributed by atoms with Crippen molar-refractivity contribution in [2.75, 3.05) is 0 Å². The first-order valence-corrected chi connectivity index (χ1v) is 5.33. The Morgan fingerprint density at radius 1 is 1.50 bits per heavy atom. The van der Waals surface area contributed by atoms with Crippen LogP contribution >= 0.6 is 15.9 Å². The van der Waals surface area contributed by atoms with Gasteiger partial charge >= 0.3 is 5.69 Å². The first-order chi connectivity index (χ1) is 7.58. The number of H-pyrrole nitrogens is 1. The summed E-state index contributed by atoms with van der Waals surface area (Å²) < 4.78 is 3.06. The van der Waals surface area contributed by atoms with E-state index < -0.39 is 5.69 Å². The number of hydrogen-bond donors (Lipinski definition) is 1. The molecule has 0 saturated heterocycles. The van der Waals surface area contributed by atoms with Crippen LogP contribution in [-0.2, 0) is 13.6 Å². The topological polar surface area (TPSA) is 72.7 Å². The smallest absolute Gasteiger partial charge is 0.313 e. The largest absolute Gasteiger partial charge is 0.328 e. The second-order valence-corrected chi connectivity index (χ2v) is 4.21. The zero-order valence-electron chi connectivity index (χ0n) is 8.48. The summed E-state index contributed by atoms with van der Waals surface area (Å²) in [6.45, 7) is 0.210. The maximum absolute atomic E-state index is 11.7. The molecule has 0 unspecified atom stereocenters. The van der Waals surface area contributed by atoms with Gasteiger partial charge in [-0.3, -0.25) is 14.0 Å². The Labute approximate surface area is 98.7 Å². The molecular weight excluding hydrogens is 276 g/mol. The van der Waals surface area contributed by atoms with E-state index in [0.29, 0.717) is 4.47 Å². The van der Waals surface area contributed by atoms with Crippen LogP contribution in [-0.4, -0.2) is 19.3 Å². The van der Waals surface area contributed by atoms with Crippen molar-refractivity contribution in [1.29, 1.82) is 0 Å². The summed E-state index contributed by atoms with van der Waals surface area (Å²) in [5, 5.41) is 3.97. The second kappa shape index (κ2) is 4.09. The third-order valence-electron chi connectivity index (χ3n) is 2.12. The summed E-state index contributed by atoms with van der Waals surface area (Å²) >= 11 is 3.07. The molecule has 0 fully saturated rings. The number of halogens is 1. The molecule has 0 aliphatic heterocycles. The molecule has 84 valence electrons. The van der Waals surface area contributed by atoms with Gasteiger partial charge in [0, 0.05) is 25.0 Å². The summed E-state index contributed by atoms with van der Waals surface area (Å²) in [5.41, 5.74) is 0.0119. The van der Waals surface area contributed by atoms with Crippen LogP contribution < -0.4 is 11.2 Å². The van der Waals surface area contributed by atoms with Crippen LogP contribution in [0.1, 0.15) is 5.56 Å². The zero-order valence-corrected chi connectivity index (χ0v) is 10.1. The van der Waals surface area contributed by atoms with E-state index in [9.17, 15) is 9.59 Å². The number of aryl methyl sites for hydroxylation is 1. The van der Waals surface area contributed by atoms with E-state index in [2.05, 4.69) is 26.0 Å². The third-order valence-corrected chi connectivity index (χ3v) is 2.68. The highest BCUT2D eigenvalue weighted by atomic mass is 79.9. The van der Waals surface area contributed by atoms with Crippen LogP contribution in [0.2, 0.25) is 0 Å². The van der Waals surface area contributed by atoms with E-state index in [1.165, 1.54) is 6.20 Å². The molecule has 2 heterocycles. The number of aromatic amines is 1. The predicted molar refractivity (Wildman–Crippen MR) is 61.3 cm³/mol. The standard InChI is InChI=1S/C9H9BrN4O2/c1-13-4-6(2-12-13)5-14-8(15)7(10)3-11-9(14)16/h2-4H,5H2,1H3,(H,11,16). The van der Waals surface area contributed by atoms with Crippen LogP contribution in [0.4, 0.5) is 0 Å². The number of aromatic nitrogens is 4. The Hall–Kier alpha value is -1.63. The first kappa shape index (κ1) is 10.9. The third kappa shape index (κ3) is 1.99. The van der Waals surface area contributed by atoms with Crippen molar-refractivity contribution in [3.05, 3.63) is 49.5 Å². The summed E-state index contributed by atoms with van der Waals surface area (Å²) in [6, 6.07) is 0. The Kier molecular flexibility index (Phi) is 2.78. The van der Waals surface area contributed by atoms with E-state index in [1.807, 2.05) is 0 Å². The highest BCUT2D eigenvalue weighted by Crippen LogP contribution is 2.00. The zero-order chi connectivity index (χ0) is 11.7. The molecule has 7 heteroatoms. The van der Waals surface area contributed by atoms with Crippen molar-refractivity contribution < 1.29 is 0 Å². The Morgan fingerprint density at radius 2 is 2.25 bits per heavy atom. The highest BCUT2D eigenvalue weighted by Gasteiger charge is 2.06. The van der Waals surface area contributed by atoms with Crippen molar-refractivity contribution in [1.82, 2.24) is 19.3 Å². The molecule has 6 nitrogen and oxygen atoms in total. The molecule has 0 saturated carbocycles. The first-order valence-electron chi connectivity index (χ1n) is 4.53. The minimum atomic E-state index is -0.433. The maximum atomic E-state index is 11.7. The molecule has 0 radical (unpaired) electrons. The molecule has 0 spiro atoms. The molecule has 0 amide bonds. The average Bonchev–Trinajstić information content (AvgIpc) is 2.65. The lowest BCUT2D eigenvalue weighted by molar-refractivity contribution is 0.692. The normalized spacial score (nSPS) is 10.6. The van der Waals surface area contributed by atoms with Crippen LogP contribution in [0.25, 0.3) is 0 Å². The predicted octanol–water partition coefficient (Wildman–Crippen LogP) is 0.0809. The fourth-order valence-corrected chi connectivity index (χ4v) is 1.69. The number of nitrogens with one attached hydrogen (secondary N) is 1. The number of hydrogen-bond acceptors (Lipinski definition) is 3. The van der Waals surface area contributed by atoms with Crippen LogP contribution in [0.15, 0.2) is 32.7 Å². The van der Waals surface area contributed by atoms with Gasteiger partial charge in [-0.1, -0.05) is 0 Å². The van der Waals surface area contributed by atoms with E-state index >= 15 is 0 Å². The average molecular weight is 285 g/mol. The van der Waals surface area contributed by atoms with Crippen molar-refractivity contribution in [3.63, 3.8) is 0 Å². The van der Waals surface area contributed by atoms with Crippen LogP contribution in [0, 0.1) is 0 Å². The molecule has 2 aromatic rings. The summed E-state index contributed by atoms with van der Waals surface area (Å²) in [6.07, 6.45) is 4.71. The van der Waals surface area contributed by atoms with Gasteiger partial charge in [0.1, 0.15) is 0 Å². The Bertz CT molecular complexity index is 625. The molecule has 1 N–H and O–H groups in total. The Balaban J connectivity index is 2.46. The lowest BCUT2D eigenvalue weighted by atomic mass is 10.3. The van der Waals surface area contributed by atoms with Crippen LogP contribution in [0.5, 0.6) is 0 Å². The molecule has 2 aromatic heterocycles. The van der Waals surface area contributed by atoms with E-state index in [-0.39, 0.29) is 12.1 Å². The van der Waals surface area contributed by atoms with E-state index in [4.69, 9.17) is 0 Å². The van der Waals surface area contributed by atoms with Gasteiger partial charge in [-0.2, -0.15) is 5.10 Å². The number of nitrogens with zero attached hydrogens (tertiary/aromatic N) is 3. The minimum Gasteiger partial charge on any atom is -0.313 e. The molecule has 2 rings (SSSR count). The van der Waals surface area contributed by atoms with E-state index in [0.717, 1.165) is 10.1 Å². The SMILES string of the molecule is Cn1cc(Cn2c(=O)[nH]cc(Br)c2=O)cn1. The van der Waals surface area contributed by atoms with Gasteiger partial charge in [0.15, 0.2) is 0 Å². The molecule has 0 aliphatic rings. The maximum Gasteiger partial charge on any atom is 0.328 e. The van der Waals surface area contributed by atoms with Crippen molar-refractivity contribution in [2.24, 2.45) is 7.05 Å². The quantitative estimate of drug-likeness (QED) is 0.849. The van der Waals surface area contributed by atoms with Gasteiger partial charge in [0.05, 0.1) is 17.2 Å². The summed E-state index contributed by atoms with van der Waals surface area (Å²) in [5.74, 6) is 0. The molecule has 0 bridgehead atoms. The van der Waals surface area contributed by atoms with Gasteiger partial charge in [-0.15, -0.1) is 0 Å². The van der Waals surface area contributed by atoms with E-state index in [1.54, 1.807) is 24.1 Å². The molecular formula is C9H9BrN4O2. The van der Waals surface area contributed by atoms with Gasteiger partial charge in [-0.25, -0.2) is 4.79 Å². The fourth-order valence-electron chi connectivity index (χ4n) is 1.37. The minimum absolute atomic E-state index is 0.210. The fraction of sp³-hybridized carbons (Fsp3) is 0.222. The number of rotatable bonds is 2. The lowest BCUT2D eigenvalue weighted by Gasteiger charge is -2.01. The van der Waals surface area contributed by atoms with Crippen molar-refractivity contribution >= 4 is 15.9 Å². The molecule has 0 aromatic carbocycles. The highest BCUT2D eigenvalue weighted by molar-refractivity contribution is 9.10. The molecule has 16 heavy (non-hydrogen) atoms. The second-order valence-electron chi connectivity index (χ2n) is 3.36. The van der Waals surface area contributed by atoms with Gasteiger partial charge in [-0.05, 0) is 15.9 Å². The summed E-state index contributed by atoms with van der Waals surface area (Å²) in [4.78, 5) is 25.6. The summed E-state index contributed by atoms with van der Waals surface area (Å²) in [7, 11) is 1.78. The Morgan fingerprint density at radius 3 is 2.88 bits per heavy atom. The van der Waals surface area contributed by atoms with Gasteiger partial charge in [0.2, 0.25) is 0 Å². The molecule has 0 aliphatic carbocycles. The van der Waals surface area contributed by atoms with Gasteiger partial charge < -0.3 is 4.98 Å². The van der Waals surface area contributed by atoms with Crippen molar-refractivity contribution in [2.45, 2.75) is 6.54 Å². The monoisotopic (exact) mass is 284 g/mol.